The van der Waals surface area contributed by atoms with Crippen molar-refractivity contribution >= 4 is 50.1 Å². The van der Waals surface area contributed by atoms with Crippen molar-refractivity contribution in [1.82, 2.24) is 15.0 Å². The van der Waals surface area contributed by atoms with Crippen LogP contribution >= 0.6 is 15.9 Å². The van der Waals surface area contributed by atoms with Crippen molar-refractivity contribution in [1.29, 1.82) is 0 Å². The highest BCUT2D eigenvalue weighted by Crippen LogP contribution is 2.25. The van der Waals surface area contributed by atoms with E-state index in [1.54, 1.807) is 24.2 Å². The lowest BCUT2D eigenvalue weighted by atomic mass is 10.2. The van der Waals surface area contributed by atoms with Gasteiger partial charge in [-0.3, -0.25) is 4.79 Å². The molecular weight excluding hydrogens is 374 g/mol. The number of nitrogens with one attached hydrogen (secondary N) is 1. The predicted molar refractivity (Wildman–Crippen MR) is 95.7 cm³/mol. The van der Waals surface area contributed by atoms with Gasteiger partial charge in [0.15, 0.2) is 0 Å². The fourth-order valence-corrected chi connectivity index (χ4v) is 2.64. The Morgan fingerprint density at radius 3 is 2.88 bits per heavy atom. The number of aliphatic carboxylic acids is 1. The smallest absolute Gasteiger partial charge is 0.323 e. The summed E-state index contributed by atoms with van der Waals surface area (Å²) >= 11 is 3.43. The van der Waals surface area contributed by atoms with Crippen LogP contribution in [0, 0.1) is 0 Å². The summed E-state index contributed by atoms with van der Waals surface area (Å²) < 4.78 is 0.960. The van der Waals surface area contributed by atoms with Crippen LogP contribution in [0.4, 0.5) is 17.3 Å². The number of hydrogen-bond acceptors (Lipinski definition) is 6. The summed E-state index contributed by atoms with van der Waals surface area (Å²) in [6.45, 7) is -0.132. The third-order valence-electron chi connectivity index (χ3n) is 3.36. The maximum absolute atomic E-state index is 10.8. The van der Waals surface area contributed by atoms with E-state index in [9.17, 15) is 4.79 Å². The highest BCUT2D eigenvalue weighted by Gasteiger charge is 2.10. The summed E-state index contributed by atoms with van der Waals surface area (Å²) in [5, 5.41) is 12.9. The van der Waals surface area contributed by atoms with Crippen molar-refractivity contribution in [3.8, 4) is 0 Å². The lowest BCUT2D eigenvalue weighted by molar-refractivity contribution is -0.135. The molecule has 8 heteroatoms. The SMILES string of the molecule is CN(CC(=O)O)c1cc2ncnc(Nc3cccc(Br)c3)c2cn1. The summed E-state index contributed by atoms with van der Waals surface area (Å²) in [6, 6.07) is 9.48. The van der Waals surface area contributed by atoms with Gasteiger partial charge in [0, 0.05) is 29.5 Å². The van der Waals surface area contributed by atoms with Crippen LogP contribution < -0.4 is 10.2 Å². The molecule has 122 valence electrons. The molecule has 0 atom stereocenters. The van der Waals surface area contributed by atoms with Crippen LogP contribution in [-0.2, 0) is 4.79 Å². The van der Waals surface area contributed by atoms with Gasteiger partial charge in [0.1, 0.15) is 24.5 Å². The molecule has 2 heterocycles. The van der Waals surface area contributed by atoms with E-state index in [0.29, 0.717) is 17.2 Å². The average molecular weight is 388 g/mol. The zero-order chi connectivity index (χ0) is 17.1. The van der Waals surface area contributed by atoms with E-state index in [-0.39, 0.29) is 6.54 Å². The Morgan fingerprint density at radius 1 is 1.29 bits per heavy atom. The van der Waals surface area contributed by atoms with Gasteiger partial charge in [0.05, 0.1) is 10.9 Å². The maximum Gasteiger partial charge on any atom is 0.323 e. The van der Waals surface area contributed by atoms with Gasteiger partial charge < -0.3 is 15.3 Å². The number of anilines is 3. The molecule has 2 N–H and O–H groups in total. The van der Waals surface area contributed by atoms with Gasteiger partial charge in [-0.25, -0.2) is 15.0 Å². The van der Waals surface area contributed by atoms with E-state index in [1.165, 1.54) is 6.33 Å². The third kappa shape index (κ3) is 3.60. The molecular formula is C16H14BrN5O2. The second-order valence-corrected chi connectivity index (χ2v) is 6.08. The van der Waals surface area contributed by atoms with Gasteiger partial charge in [0.25, 0.3) is 0 Å². The lowest BCUT2D eigenvalue weighted by Crippen LogP contribution is -2.25. The first-order valence-electron chi connectivity index (χ1n) is 7.09. The number of fused-ring (bicyclic) bond motifs is 1. The molecule has 0 aliphatic heterocycles. The van der Waals surface area contributed by atoms with Gasteiger partial charge in [-0.15, -0.1) is 0 Å². The number of pyridine rings is 1. The van der Waals surface area contributed by atoms with Gasteiger partial charge in [0.2, 0.25) is 0 Å². The zero-order valence-corrected chi connectivity index (χ0v) is 14.4. The molecule has 0 fully saturated rings. The van der Waals surface area contributed by atoms with Crippen LogP contribution in [0.3, 0.4) is 0 Å². The number of nitrogens with zero attached hydrogens (tertiary/aromatic N) is 4. The fraction of sp³-hybridized carbons (Fsp3) is 0.125. The highest BCUT2D eigenvalue weighted by atomic mass is 79.9. The summed E-state index contributed by atoms with van der Waals surface area (Å²) in [4.78, 5) is 25.2. The van der Waals surface area contributed by atoms with Crippen molar-refractivity contribution in [3.63, 3.8) is 0 Å². The van der Waals surface area contributed by atoms with E-state index in [4.69, 9.17) is 5.11 Å². The molecule has 0 unspecified atom stereocenters. The minimum atomic E-state index is -0.918. The lowest BCUT2D eigenvalue weighted by Gasteiger charge is -2.16. The van der Waals surface area contributed by atoms with Gasteiger partial charge in [-0.05, 0) is 18.2 Å². The van der Waals surface area contributed by atoms with E-state index in [2.05, 4.69) is 36.2 Å². The molecule has 0 radical (unpaired) electrons. The predicted octanol–water partition coefficient (Wildman–Crippen LogP) is 3.05. The Hall–Kier alpha value is -2.74. The van der Waals surface area contributed by atoms with Gasteiger partial charge in [-0.2, -0.15) is 0 Å². The van der Waals surface area contributed by atoms with Crippen molar-refractivity contribution in [3.05, 3.63) is 47.3 Å². The molecule has 0 aliphatic carbocycles. The number of likely N-dealkylation sites (N-methyl/N-ethyl adjacent to an activating group) is 1. The Labute approximate surface area is 146 Å². The number of hydrogen-bond donors (Lipinski definition) is 2. The highest BCUT2D eigenvalue weighted by molar-refractivity contribution is 9.10. The average Bonchev–Trinajstić information content (AvgIpc) is 2.54. The Morgan fingerprint density at radius 2 is 2.12 bits per heavy atom. The molecule has 1 aromatic carbocycles. The first-order chi connectivity index (χ1) is 11.5. The van der Waals surface area contributed by atoms with Crippen LogP contribution in [0.25, 0.3) is 10.9 Å². The molecule has 0 bridgehead atoms. The van der Waals surface area contributed by atoms with Crippen molar-refractivity contribution < 1.29 is 9.90 Å². The summed E-state index contributed by atoms with van der Waals surface area (Å²) in [6.07, 6.45) is 3.10. The van der Waals surface area contributed by atoms with Gasteiger partial charge in [-0.1, -0.05) is 22.0 Å². The minimum absolute atomic E-state index is 0.132. The molecule has 24 heavy (non-hydrogen) atoms. The number of carbonyl (C=O) groups is 1. The number of benzene rings is 1. The van der Waals surface area contributed by atoms with Crippen LogP contribution in [0.5, 0.6) is 0 Å². The Kier molecular flexibility index (Phi) is 4.57. The Bertz CT molecular complexity index is 903. The molecule has 0 spiro atoms. The van der Waals surface area contributed by atoms with Gasteiger partial charge >= 0.3 is 5.97 Å². The van der Waals surface area contributed by atoms with Crippen molar-refractivity contribution in [2.24, 2.45) is 0 Å². The maximum atomic E-state index is 10.8. The second-order valence-electron chi connectivity index (χ2n) is 5.17. The quantitative estimate of drug-likeness (QED) is 0.694. The van der Waals surface area contributed by atoms with E-state index < -0.39 is 5.97 Å². The van der Waals surface area contributed by atoms with Crippen LogP contribution in [0.2, 0.25) is 0 Å². The molecule has 0 saturated heterocycles. The number of halogens is 1. The standard InChI is InChI=1S/C16H14BrN5O2/c1-22(8-15(23)24)14-6-13-12(7-18-14)16(20-9-19-13)21-11-4-2-3-10(17)5-11/h2-7,9H,8H2,1H3,(H,23,24)(H,19,20,21). The number of aromatic nitrogens is 3. The first-order valence-corrected chi connectivity index (χ1v) is 7.88. The van der Waals surface area contributed by atoms with Crippen molar-refractivity contribution in [2.45, 2.75) is 0 Å². The molecule has 2 aromatic heterocycles. The monoisotopic (exact) mass is 387 g/mol. The largest absolute Gasteiger partial charge is 0.480 e. The van der Waals surface area contributed by atoms with Crippen LogP contribution in [0.1, 0.15) is 0 Å². The first kappa shape index (κ1) is 16.1. The summed E-state index contributed by atoms with van der Waals surface area (Å²) in [7, 11) is 1.67. The van der Waals surface area contributed by atoms with E-state index >= 15 is 0 Å². The van der Waals surface area contributed by atoms with E-state index in [1.807, 2.05) is 24.3 Å². The van der Waals surface area contributed by atoms with Crippen LogP contribution in [0.15, 0.2) is 47.3 Å². The second kappa shape index (κ2) is 6.79. The Balaban J connectivity index is 1.94. The number of carboxylic acid groups (broad SMARTS) is 1. The fourth-order valence-electron chi connectivity index (χ4n) is 2.24. The molecule has 0 aliphatic rings. The minimum Gasteiger partial charge on any atom is -0.480 e. The normalized spacial score (nSPS) is 10.6. The molecule has 7 nitrogen and oxygen atoms in total. The topological polar surface area (TPSA) is 91.2 Å². The summed E-state index contributed by atoms with van der Waals surface area (Å²) in [5.74, 6) is 0.258. The number of carboxylic acids is 1. The molecule has 0 amide bonds. The molecule has 3 rings (SSSR count). The molecule has 0 saturated carbocycles. The molecule has 3 aromatic rings. The van der Waals surface area contributed by atoms with Crippen molar-refractivity contribution in [2.75, 3.05) is 23.8 Å². The third-order valence-corrected chi connectivity index (χ3v) is 3.85. The summed E-state index contributed by atoms with van der Waals surface area (Å²) in [5.41, 5.74) is 1.57. The zero-order valence-electron chi connectivity index (χ0n) is 12.8. The van der Waals surface area contributed by atoms with Crippen LogP contribution in [-0.4, -0.2) is 39.6 Å². The number of rotatable bonds is 5. The van der Waals surface area contributed by atoms with E-state index in [0.717, 1.165) is 15.5 Å².